The molecule has 0 aromatic carbocycles. The van der Waals surface area contributed by atoms with E-state index in [1.54, 1.807) is 13.8 Å². The van der Waals surface area contributed by atoms with Gasteiger partial charge in [0.15, 0.2) is 12.4 Å². The summed E-state index contributed by atoms with van der Waals surface area (Å²) < 4.78 is 25.4. The topological polar surface area (TPSA) is 115 Å². The lowest BCUT2D eigenvalue weighted by atomic mass is 9.41. The van der Waals surface area contributed by atoms with Crippen molar-refractivity contribution < 1.29 is 33.6 Å². The zero-order valence-corrected chi connectivity index (χ0v) is 32.4. The highest BCUT2D eigenvalue weighted by molar-refractivity contribution is 5.76. The van der Waals surface area contributed by atoms with E-state index in [1.807, 2.05) is 0 Å². The van der Waals surface area contributed by atoms with E-state index in [9.17, 15) is 14.7 Å². The van der Waals surface area contributed by atoms with Gasteiger partial charge in [0.25, 0.3) is 0 Å². The van der Waals surface area contributed by atoms with E-state index in [0.29, 0.717) is 28.6 Å². The van der Waals surface area contributed by atoms with Crippen LogP contribution in [0.5, 0.6) is 0 Å². The average molecular weight is 701 g/mol. The third kappa shape index (κ3) is 5.81. The van der Waals surface area contributed by atoms with Crippen molar-refractivity contribution in [3.8, 4) is 0 Å². The van der Waals surface area contributed by atoms with E-state index in [-0.39, 0.29) is 52.7 Å². The molecule has 8 aliphatic rings. The molecule has 0 aromatic rings. The Kier molecular flexibility index (Phi) is 9.60. The van der Waals surface area contributed by atoms with Crippen molar-refractivity contribution >= 4 is 11.9 Å². The van der Waals surface area contributed by atoms with Gasteiger partial charge in [-0.3, -0.25) is 9.59 Å². The molecule has 8 fully saturated rings. The van der Waals surface area contributed by atoms with Gasteiger partial charge < -0.3 is 34.7 Å². The van der Waals surface area contributed by atoms with Crippen molar-refractivity contribution in [1.82, 2.24) is 10.6 Å². The highest BCUT2D eigenvalue weighted by Crippen LogP contribution is 2.89. The lowest BCUT2D eigenvalue weighted by Gasteiger charge is -2.63. The van der Waals surface area contributed by atoms with Crippen molar-refractivity contribution in [2.45, 2.75) is 169 Å². The molecule has 3 N–H and O–H groups in total. The molecule has 3 saturated heterocycles. The summed E-state index contributed by atoms with van der Waals surface area (Å²) in [5.74, 6) is 2.26. The van der Waals surface area contributed by atoms with Gasteiger partial charge in [-0.25, -0.2) is 0 Å². The van der Waals surface area contributed by atoms with Gasteiger partial charge in [0.2, 0.25) is 5.91 Å². The molecule has 284 valence electrons. The predicted molar refractivity (Wildman–Crippen MR) is 191 cm³/mol. The smallest absolute Gasteiger partial charge is 0.303 e. The molecule has 9 heteroatoms. The van der Waals surface area contributed by atoms with Crippen LogP contribution in [0.3, 0.4) is 0 Å². The number of rotatable bonds is 5. The number of hydrogen-bond acceptors (Lipinski definition) is 8. The summed E-state index contributed by atoms with van der Waals surface area (Å²) in [5.41, 5.74) is 0.370. The number of fused-ring (bicyclic) bond motifs is 4. The Bertz CT molecular complexity index is 1290. The monoisotopic (exact) mass is 701 g/mol. The fourth-order valence-corrected chi connectivity index (χ4v) is 14.2. The summed E-state index contributed by atoms with van der Waals surface area (Å²) in [7, 11) is 0. The molecule has 0 bridgehead atoms. The maximum absolute atomic E-state index is 12.0. The molecular weight excluding hydrogens is 632 g/mol. The molecule has 5 saturated carbocycles. The number of esters is 1. The lowest BCUT2D eigenvalue weighted by molar-refractivity contribution is -0.235. The average Bonchev–Trinajstić information content (AvgIpc) is 3.64. The van der Waals surface area contributed by atoms with Crippen LogP contribution in [0.15, 0.2) is 0 Å². The van der Waals surface area contributed by atoms with E-state index in [2.05, 4.69) is 45.3 Å². The van der Waals surface area contributed by atoms with Crippen LogP contribution in [-0.2, 0) is 28.5 Å². The van der Waals surface area contributed by atoms with Gasteiger partial charge in [-0.05, 0) is 135 Å². The molecule has 3 heterocycles. The predicted octanol–water partition coefficient (Wildman–Crippen LogP) is 6.15. The number of ether oxygens (including phenoxy) is 4. The zero-order chi connectivity index (χ0) is 35.9. The van der Waals surface area contributed by atoms with Crippen LogP contribution in [0.1, 0.15) is 132 Å². The molecule has 3 aliphatic heterocycles. The normalized spacial score (nSPS) is 48.1. The molecular formula is C41H68N2O7. The maximum Gasteiger partial charge on any atom is 0.303 e. The summed E-state index contributed by atoms with van der Waals surface area (Å²) in [6.07, 6.45) is 13.4. The first kappa shape index (κ1) is 37.1. The first-order valence-electron chi connectivity index (χ1n) is 20.3. The second kappa shape index (κ2) is 13.0. The third-order valence-electron chi connectivity index (χ3n) is 16.3. The number of piperidine rings is 1. The van der Waals surface area contributed by atoms with Gasteiger partial charge >= 0.3 is 5.97 Å². The quantitative estimate of drug-likeness (QED) is 0.293. The largest absolute Gasteiger partial charge is 0.457 e. The van der Waals surface area contributed by atoms with E-state index in [0.717, 1.165) is 70.7 Å². The zero-order valence-electron chi connectivity index (χ0n) is 32.4. The van der Waals surface area contributed by atoms with Crippen LogP contribution in [0, 0.1) is 50.7 Å². The van der Waals surface area contributed by atoms with Crippen LogP contribution in [0.4, 0.5) is 0 Å². The second-order valence-corrected chi connectivity index (χ2v) is 19.6. The van der Waals surface area contributed by atoms with E-state index in [1.165, 1.54) is 45.4 Å². The van der Waals surface area contributed by atoms with Crippen molar-refractivity contribution in [3.63, 3.8) is 0 Å². The molecule has 5 aliphatic carbocycles. The Hall–Kier alpha value is -1.26. The minimum atomic E-state index is -1.15. The summed E-state index contributed by atoms with van der Waals surface area (Å²) in [5, 5.41) is 17.2. The molecule has 50 heavy (non-hydrogen) atoms. The second-order valence-electron chi connectivity index (χ2n) is 19.6. The first-order chi connectivity index (χ1) is 23.5. The van der Waals surface area contributed by atoms with Gasteiger partial charge in [0.1, 0.15) is 0 Å². The number of morpholine rings is 1. The molecule has 1 amide bonds. The van der Waals surface area contributed by atoms with Gasteiger partial charge in [-0.1, -0.05) is 34.6 Å². The van der Waals surface area contributed by atoms with Gasteiger partial charge in [-0.15, -0.1) is 0 Å². The van der Waals surface area contributed by atoms with E-state index < -0.39 is 11.7 Å². The minimum absolute atomic E-state index is 0.115. The standard InChI is InChI=1S/C36H59NO6.C5H9NO/c1-21-17-23(30(32(5,6)39)41-22(2)38)42-24-18-34(8)26-10-9-25-31(3,4)27(43-28-19-37-15-16-40-28)11-12-35(25)20-36(26,35)14-13-33(34,7)29(21)24;7-5-3-1-2-4-6-5/h21,23-30,37,39H,9-20H2,1-8H3;1-4H2,(H,6,7)/t21-,23?,24?,25?,26+,27+,28?,29?,30+,33-,34+,35-,36+;/m1./s1. The van der Waals surface area contributed by atoms with Gasteiger partial charge in [0, 0.05) is 33.0 Å². The van der Waals surface area contributed by atoms with Crippen LogP contribution in [0.2, 0.25) is 0 Å². The molecule has 5 unspecified atom stereocenters. The number of hydrogen-bond donors (Lipinski definition) is 3. The van der Waals surface area contributed by atoms with Crippen molar-refractivity contribution in [3.05, 3.63) is 0 Å². The van der Waals surface area contributed by atoms with Crippen LogP contribution in [-0.4, -0.2) is 79.5 Å². The highest BCUT2D eigenvalue weighted by atomic mass is 16.7. The Labute approximate surface area is 301 Å². The lowest BCUT2D eigenvalue weighted by Crippen LogP contribution is -2.59. The molecule has 13 atom stereocenters. The maximum atomic E-state index is 12.0. The third-order valence-corrected chi connectivity index (χ3v) is 16.3. The number of amides is 1. The fourth-order valence-electron chi connectivity index (χ4n) is 14.2. The Balaban J connectivity index is 0.000000501. The molecule has 0 aromatic heterocycles. The van der Waals surface area contributed by atoms with Gasteiger partial charge in [0.05, 0.1) is 30.5 Å². The summed E-state index contributed by atoms with van der Waals surface area (Å²) in [4.78, 5) is 22.4. The van der Waals surface area contributed by atoms with Crippen LogP contribution in [0.25, 0.3) is 0 Å². The number of nitrogens with one attached hydrogen (secondary N) is 2. The molecule has 0 radical (unpaired) electrons. The van der Waals surface area contributed by atoms with E-state index >= 15 is 0 Å². The SMILES string of the molecule is CC(=O)O[C@@H](C1C[C@@H](C)C2C(C[C@@]3(C)[C@@H]4CCC5C(C)(C)[C@@H](OC6CNCCO6)CC[C@@]56C[C@@]46CC[C@]23C)O1)C(C)(C)O.O=C1CCCCN1. The highest BCUT2D eigenvalue weighted by Gasteiger charge is 2.83. The molecule has 8 rings (SSSR count). The Morgan fingerprint density at radius 2 is 1.74 bits per heavy atom. The molecule has 9 nitrogen and oxygen atoms in total. The van der Waals surface area contributed by atoms with Crippen molar-refractivity contribution in [2.24, 2.45) is 50.7 Å². The Morgan fingerprint density at radius 3 is 2.36 bits per heavy atom. The summed E-state index contributed by atoms with van der Waals surface area (Å²) >= 11 is 0. The first-order valence-corrected chi connectivity index (χ1v) is 20.3. The van der Waals surface area contributed by atoms with E-state index in [4.69, 9.17) is 18.9 Å². The van der Waals surface area contributed by atoms with Crippen molar-refractivity contribution in [1.29, 1.82) is 0 Å². The fraction of sp³-hybridized carbons (Fsp3) is 0.951. The van der Waals surface area contributed by atoms with Gasteiger partial charge in [-0.2, -0.15) is 0 Å². The number of carbonyl (C=O) groups excluding carboxylic acids is 2. The van der Waals surface area contributed by atoms with Crippen LogP contribution >= 0.6 is 0 Å². The molecule has 2 spiro atoms. The Morgan fingerprint density at radius 1 is 1.00 bits per heavy atom. The summed E-state index contributed by atoms with van der Waals surface area (Å²) in [6.45, 7) is 20.9. The minimum Gasteiger partial charge on any atom is -0.457 e. The number of carbonyl (C=O) groups is 2. The number of aliphatic hydroxyl groups is 1. The van der Waals surface area contributed by atoms with Crippen molar-refractivity contribution in [2.75, 3.05) is 26.2 Å². The van der Waals surface area contributed by atoms with Crippen LogP contribution < -0.4 is 10.6 Å². The summed E-state index contributed by atoms with van der Waals surface area (Å²) in [6, 6.07) is 0.